The van der Waals surface area contributed by atoms with Crippen LogP contribution in [-0.2, 0) is 16.1 Å². The number of likely N-dealkylation sites (tertiary alicyclic amines) is 2. The van der Waals surface area contributed by atoms with Crippen molar-refractivity contribution in [3.8, 4) is 22.3 Å². The number of rotatable bonds is 7. The van der Waals surface area contributed by atoms with E-state index in [9.17, 15) is 9.59 Å². The maximum absolute atomic E-state index is 13.0. The Morgan fingerprint density at radius 2 is 1.37 bits per heavy atom. The molecule has 57 heavy (non-hydrogen) atoms. The number of aromatic amines is 1. The SMILES string of the molecule is CC(C)(C)OC(=O)N1CCC[C@H]1c1nc2ccc(-c3ccc4cc(-c5ccc(C6CN=C([C@@H]7CCCN7C(=O)OCc7ccccc7)N6)cc5)ccc4c3)cc2[nH]1. The first kappa shape index (κ1) is 36.5. The molecule has 1 unspecified atom stereocenters. The average molecular weight is 761 g/mol. The molecule has 0 radical (unpaired) electrons. The number of nitrogens with zero attached hydrogens (tertiary/aromatic N) is 4. The minimum Gasteiger partial charge on any atom is -0.445 e. The number of hydrogen-bond acceptors (Lipinski definition) is 7. The topological polar surface area (TPSA) is 112 Å². The minimum atomic E-state index is -0.543. The summed E-state index contributed by atoms with van der Waals surface area (Å²) in [6.45, 7) is 7.92. The van der Waals surface area contributed by atoms with Gasteiger partial charge in [-0.15, -0.1) is 0 Å². The Bertz CT molecular complexity index is 2470. The molecule has 5 aromatic carbocycles. The van der Waals surface area contributed by atoms with Crippen LogP contribution in [0.5, 0.6) is 0 Å². The van der Waals surface area contributed by atoms with Crippen molar-refractivity contribution in [2.75, 3.05) is 19.6 Å². The van der Waals surface area contributed by atoms with Gasteiger partial charge in [0.05, 0.1) is 35.7 Å². The zero-order chi connectivity index (χ0) is 39.1. The predicted molar refractivity (Wildman–Crippen MR) is 224 cm³/mol. The predicted octanol–water partition coefficient (Wildman–Crippen LogP) is 9.97. The average Bonchev–Trinajstić information content (AvgIpc) is 4.05. The van der Waals surface area contributed by atoms with Crippen LogP contribution in [0.25, 0.3) is 44.1 Å². The van der Waals surface area contributed by atoms with Gasteiger partial charge in [0.25, 0.3) is 0 Å². The fourth-order valence-corrected chi connectivity index (χ4v) is 8.39. The van der Waals surface area contributed by atoms with Gasteiger partial charge in [-0.3, -0.25) is 14.8 Å². The smallest absolute Gasteiger partial charge is 0.410 e. The van der Waals surface area contributed by atoms with Crippen LogP contribution in [0.1, 0.15) is 75.5 Å². The largest absolute Gasteiger partial charge is 0.445 e. The molecular weight excluding hydrogens is 713 g/mol. The van der Waals surface area contributed by atoms with E-state index in [0.717, 1.165) is 76.2 Å². The third-order valence-electron chi connectivity index (χ3n) is 11.3. The molecule has 2 saturated heterocycles. The first-order valence-corrected chi connectivity index (χ1v) is 20.1. The van der Waals surface area contributed by atoms with E-state index in [2.05, 4.69) is 89.2 Å². The van der Waals surface area contributed by atoms with Gasteiger partial charge < -0.3 is 19.8 Å². The Morgan fingerprint density at radius 1 is 0.737 bits per heavy atom. The van der Waals surface area contributed by atoms with E-state index >= 15 is 0 Å². The van der Waals surface area contributed by atoms with E-state index < -0.39 is 5.60 Å². The Labute approximate surface area is 332 Å². The summed E-state index contributed by atoms with van der Waals surface area (Å²) in [4.78, 5) is 42.8. The van der Waals surface area contributed by atoms with Gasteiger partial charge in [-0.05, 0) is 115 Å². The summed E-state index contributed by atoms with van der Waals surface area (Å²) in [5, 5.41) is 5.96. The number of aromatic nitrogens is 2. The summed E-state index contributed by atoms with van der Waals surface area (Å²) < 4.78 is 11.3. The van der Waals surface area contributed by atoms with Crippen LogP contribution in [0, 0.1) is 0 Å². The van der Waals surface area contributed by atoms with Crippen molar-refractivity contribution in [3.05, 3.63) is 126 Å². The standard InChI is InChI=1S/C47H48N6O4/c1-47(2,3)57-46(55)53-24-8-12-42(53)44-49-38-22-21-37(27-39(38)50-44)36-20-19-34-25-33(17-18-35(34)26-36)31-13-15-32(16-14-31)40-28-48-43(51-40)41-11-7-23-52(41)45(54)56-29-30-9-5-4-6-10-30/h4-6,9-10,13-22,25-27,40-42H,7-8,11-12,23-24,28-29H2,1-3H3,(H,48,51)(H,49,50)/t40?,41-,42-/m0/s1. The van der Waals surface area contributed by atoms with Crippen LogP contribution in [0.3, 0.4) is 0 Å². The maximum Gasteiger partial charge on any atom is 0.410 e. The number of fused-ring (bicyclic) bond motifs is 2. The number of amides is 2. The molecule has 9 rings (SSSR count). The van der Waals surface area contributed by atoms with Crippen LogP contribution >= 0.6 is 0 Å². The Kier molecular flexibility index (Phi) is 9.64. The second-order valence-electron chi connectivity index (χ2n) is 16.4. The lowest BCUT2D eigenvalue weighted by molar-refractivity contribution is 0.0218. The summed E-state index contributed by atoms with van der Waals surface area (Å²) in [7, 11) is 0. The van der Waals surface area contributed by atoms with Crippen molar-refractivity contribution >= 4 is 39.8 Å². The van der Waals surface area contributed by atoms with Gasteiger partial charge in [0, 0.05) is 13.1 Å². The molecule has 0 saturated carbocycles. The fourth-order valence-electron chi connectivity index (χ4n) is 8.39. The molecule has 3 atom stereocenters. The van der Waals surface area contributed by atoms with Crippen LogP contribution in [0.2, 0.25) is 0 Å². The second-order valence-corrected chi connectivity index (χ2v) is 16.4. The van der Waals surface area contributed by atoms with Gasteiger partial charge in [0.1, 0.15) is 23.9 Å². The number of carbonyl (C=O) groups is 2. The Balaban J connectivity index is 0.845. The van der Waals surface area contributed by atoms with Crippen LogP contribution in [0.15, 0.2) is 114 Å². The van der Waals surface area contributed by atoms with E-state index in [0.29, 0.717) is 19.6 Å². The molecule has 2 amide bonds. The summed E-state index contributed by atoms with van der Waals surface area (Å²) in [5.41, 5.74) is 7.98. The number of aliphatic imine (C=N–C) groups is 1. The van der Waals surface area contributed by atoms with Crippen molar-refractivity contribution in [2.24, 2.45) is 4.99 Å². The Hall–Kier alpha value is -6.16. The first-order valence-electron chi connectivity index (χ1n) is 20.1. The van der Waals surface area contributed by atoms with Crippen molar-refractivity contribution in [3.63, 3.8) is 0 Å². The molecule has 4 heterocycles. The van der Waals surface area contributed by atoms with Crippen molar-refractivity contribution in [1.82, 2.24) is 25.1 Å². The van der Waals surface area contributed by atoms with Crippen LogP contribution < -0.4 is 5.32 Å². The fraction of sp³-hybridized carbons (Fsp3) is 0.319. The number of amidine groups is 1. The molecule has 6 aromatic rings. The normalized spacial score (nSPS) is 19.6. The van der Waals surface area contributed by atoms with Crippen LogP contribution in [-0.4, -0.2) is 69.1 Å². The van der Waals surface area contributed by atoms with Crippen molar-refractivity contribution in [2.45, 2.75) is 76.8 Å². The van der Waals surface area contributed by atoms with Gasteiger partial charge in [-0.2, -0.15) is 0 Å². The second kappa shape index (κ2) is 15.1. The number of nitrogens with one attached hydrogen (secondary N) is 2. The summed E-state index contributed by atoms with van der Waals surface area (Å²) >= 11 is 0. The lowest BCUT2D eigenvalue weighted by atomic mass is 9.96. The molecular formula is C47H48N6O4. The molecule has 3 aliphatic heterocycles. The monoisotopic (exact) mass is 760 g/mol. The third-order valence-corrected chi connectivity index (χ3v) is 11.3. The van der Waals surface area contributed by atoms with E-state index in [-0.39, 0.29) is 36.9 Å². The summed E-state index contributed by atoms with van der Waals surface area (Å²) in [5.74, 6) is 1.67. The number of carbonyl (C=O) groups excluding carboxylic acids is 2. The Morgan fingerprint density at radius 3 is 2.09 bits per heavy atom. The molecule has 1 aromatic heterocycles. The number of ether oxygens (including phenoxy) is 2. The molecule has 10 nitrogen and oxygen atoms in total. The zero-order valence-electron chi connectivity index (χ0n) is 32.7. The quantitative estimate of drug-likeness (QED) is 0.168. The maximum atomic E-state index is 13.0. The van der Waals surface area contributed by atoms with Crippen molar-refractivity contribution in [1.29, 1.82) is 0 Å². The highest BCUT2D eigenvalue weighted by Gasteiger charge is 2.37. The molecule has 2 fully saturated rings. The highest BCUT2D eigenvalue weighted by molar-refractivity contribution is 5.93. The molecule has 290 valence electrons. The van der Waals surface area contributed by atoms with Crippen LogP contribution in [0.4, 0.5) is 9.59 Å². The summed E-state index contributed by atoms with van der Waals surface area (Å²) in [6.07, 6.45) is 3.00. The van der Waals surface area contributed by atoms with Gasteiger partial charge >= 0.3 is 12.2 Å². The molecule has 2 N–H and O–H groups in total. The first-order chi connectivity index (χ1) is 27.6. The zero-order valence-corrected chi connectivity index (χ0v) is 32.7. The minimum absolute atomic E-state index is 0.0640. The van der Waals surface area contributed by atoms with E-state index in [1.54, 1.807) is 4.90 Å². The number of H-pyrrole nitrogens is 1. The lowest BCUT2D eigenvalue weighted by Gasteiger charge is -2.27. The van der Waals surface area contributed by atoms with E-state index in [1.165, 1.54) is 16.3 Å². The van der Waals surface area contributed by atoms with E-state index in [4.69, 9.17) is 19.5 Å². The highest BCUT2D eigenvalue weighted by atomic mass is 16.6. The van der Waals surface area contributed by atoms with Gasteiger partial charge in [-0.25, -0.2) is 14.6 Å². The molecule has 0 bridgehead atoms. The number of imidazole rings is 1. The lowest BCUT2D eigenvalue weighted by Crippen LogP contribution is -2.45. The molecule has 10 heteroatoms. The van der Waals surface area contributed by atoms with Gasteiger partial charge in [0.15, 0.2) is 0 Å². The number of hydrogen-bond donors (Lipinski definition) is 2. The highest BCUT2D eigenvalue weighted by Crippen LogP contribution is 2.35. The third kappa shape index (κ3) is 7.68. The van der Waals surface area contributed by atoms with E-state index in [1.807, 2.05) is 56.0 Å². The van der Waals surface area contributed by atoms with Gasteiger partial charge in [-0.1, -0.05) is 84.9 Å². The molecule has 0 spiro atoms. The molecule has 0 aliphatic carbocycles. The summed E-state index contributed by atoms with van der Waals surface area (Å²) in [6, 6.07) is 37.9. The number of benzene rings is 5. The van der Waals surface area contributed by atoms with Crippen molar-refractivity contribution < 1.29 is 19.1 Å². The molecule has 3 aliphatic rings. The van der Waals surface area contributed by atoms with Gasteiger partial charge in [0.2, 0.25) is 0 Å².